The van der Waals surface area contributed by atoms with Crippen LogP contribution in [0.25, 0.3) is 0 Å². The van der Waals surface area contributed by atoms with Crippen LogP contribution in [0.4, 0.5) is 4.39 Å². The predicted molar refractivity (Wildman–Crippen MR) is 81.7 cm³/mol. The van der Waals surface area contributed by atoms with Gasteiger partial charge in [0.1, 0.15) is 11.9 Å². The number of hydrogen-bond donors (Lipinski definition) is 1. The Labute approximate surface area is 130 Å². The molecule has 0 radical (unpaired) electrons. The summed E-state index contributed by atoms with van der Waals surface area (Å²) in [6.07, 6.45) is 1.48. The second kappa shape index (κ2) is 7.35. The summed E-state index contributed by atoms with van der Waals surface area (Å²) in [4.78, 5) is 27.4. The molecule has 1 aromatic carbocycles. The van der Waals surface area contributed by atoms with Crippen molar-refractivity contribution in [2.45, 2.75) is 18.9 Å². The van der Waals surface area contributed by atoms with E-state index in [-0.39, 0.29) is 17.6 Å². The molecular formula is C16H22FN3O2. The zero-order valence-corrected chi connectivity index (χ0v) is 13.0. The first-order chi connectivity index (χ1) is 10.5. The number of carbonyl (C=O) groups excluding carboxylic acids is 2. The number of rotatable bonds is 6. The van der Waals surface area contributed by atoms with Crippen molar-refractivity contribution in [1.29, 1.82) is 0 Å². The number of amides is 2. The zero-order chi connectivity index (χ0) is 16.1. The van der Waals surface area contributed by atoms with Gasteiger partial charge in [-0.1, -0.05) is 12.1 Å². The van der Waals surface area contributed by atoms with E-state index in [1.54, 1.807) is 36.0 Å². The van der Waals surface area contributed by atoms with E-state index in [0.29, 0.717) is 25.1 Å². The lowest BCUT2D eigenvalue weighted by Gasteiger charge is -2.24. The summed E-state index contributed by atoms with van der Waals surface area (Å²) in [6.45, 7) is 1.69. The number of nitrogens with zero attached hydrogens (tertiary/aromatic N) is 2. The lowest BCUT2D eigenvalue weighted by molar-refractivity contribution is -0.129. The summed E-state index contributed by atoms with van der Waals surface area (Å²) >= 11 is 0. The summed E-state index contributed by atoms with van der Waals surface area (Å²) in [5.41, 5.74) is 0.611. The van der Waals surface area contributed by atoms with E-state index >= 15 is 0 Å². The normalized spacial score (nSPS) is 16.2. The van der Waals surface area contributed by atoms with Crippen LogP contribution in [0.1, 0.15) is 24.4 Å². The first-order valence-electron chi connectivity index (χ1n) is 7.46. The topological polar surface area (TPSA) is 52.7 Å². The molecule has 120 valence electrons. The average Bonchev–Trinajstić information content (AvgIpc) is 2.84. The SMILES string of the molecule is CN(C)[C@H](C(=O)NCCN1CCCC1=O)c1cccc(F)c1. The molecule has 1 fully saturated rings. The van der Waals surface area contributed by atoms with E-state index in [0.717, 1.165) is 13.0 Å². The quantitative estimate of drug-likeness (QED) is 0.858. The fourth-order valence-electron chi connectivity index (χ4n) is 2.71. The minimum Gasteiger partial charge on any atom is -0.353 e. The number of likely N-dealkylation sites (N-methyl/N-ethyl adjacent to an activating group) is 1. The molecule has 1 aliphatic rings. The van der Waals surface area contributed by atoms with Gasteiger partial charge >= 0.3 is 0 Å². The van der Waals surface area contributed by atoms with Crippen LogP contribution in [-0.2, 0) is 9.59 Å². The molecule has 2 rings (SSSR count). The van der Waals surface area contributed by atoms with Crippen LogP contribution in [0.3, 0.4) is 0 Å². The molecule has 0 bridgehead atoms. The highest BCUT2D eigenvalue weighted by Gasteiger charge is 2.24. The van der Waals surface area contributed by atoms with Crippen molar-refractivity contribution in [3.63, 3.8) is 0 Å². The van der Waals surface area contributed by atoms with Gasteiger partial charge in [-0.05, 0) is 38.2 Å². The van der Waals surface area contributed by atoms with Gasteiger partial charge in [0, 0.05) is 26.1 Å². The minimum atomic E-state index is -0.551. The standard InChI is InChI=1S/C16H22FN3O2/c1-19(2)15(12-5-3-6-13(17)11-12)16(22)18-8-10-20-9-4-7-14(20)21/h3,5-6,11,15H,4,7-10H2,1-2H3,(H,18,22)/t15-/m0/s1. The van der Waals surface area contributed by atoms with Gasteiger partial charge in [0.05, 0.1) is 0 Å². The third-order valence-electron chi connectivity index (χ3n) is 3.78. The second-order valence-corrected chi connectivity index (χ2v) is 5.70. The molecule has 5 nitrogen and oxygen atoms in total. The molecule has 0 unspecified atom stereocenters. The molecule has 0 saturated carbocycles. The first kappa shape index (κ1) is 16.4. The predicted octanol–water partition coefficient (Wildman–Crippen LogP) is 1.17. The Hall–Kier alpha value is -1.95. The maximum absolute atomic E-state index is 13.4. The minimum absolute atomic E-state index is 0.142. The van der Waals surface area contributed by atoms with E-state index in [2.05, 4.69) is 5.32 Å². The highest BCUT2D eigenvalue weighted by molar-refractivity contribution is 5.83. The van der Waals surface area contributed by atoms with Crippen LogP contribution in [0, 0.1) is 5.82 Å². The Morgan fingerprint density at radius 3 is 2.82 bits per heavy atom. The van der Waals surface area contributed by atoms with Crippen LogP contribution in [0.15, 0.2) is 24.3 Å². The van der Waals surface area contributed by atoms with Crippen LogP contribution in [0.2, 0.25) is 0 Å². The summed E-state index contributed by atoms with van der Waals surface area (Å²) in [5, 5.41) is 2.83. The third-order valence-corrected chi connectivity index (χ3v) is 3.78. The molecule has 2 amide bonds. The van der Waals surface area contributed by atoms with Crippen LogP contribution in [-0.4, -0.2) is 55.3 Å². The number of carbonyl (C=O) groups is 2. The molecule has 0 aliphatic carbocycles. The van der Waals surface area contributed by atoms with Gasteiger partial charge in [-0.15, -0.1) is 0 Å². The Morgan fingerprint density at radius 2 is 2.23 bits per heavy atom. The van der Waals surface area contributed by atoms with E-state index in [9.17, 15) is 14.0 Å². The van der Waals surface area contributed by atoms with Crippen molar-refractivity contribution < 1.29 is 14.0 Å². The van der Waals surface area contributed by atoms with Crippen LogP contribution in [0.5, 0.6) is 0 Å². The molecule has 1 heterocycles. The maximum Gasteiger partial charge on any atom is 0.242 e. The van der Waals surface area contributed by atoms with Crippen molar-refractivity contribution in [2.24, 2.45) is 0 Å². The molecule has 1 aromatic rings. The zero-order valence-electron chi connectivity index (χ0n) is 13.0. The highest BCUT2D eigenvalue weighted by atomic mass is 19.1. The summed E-state index contributed by atoms with van der Waals surface area (Å²) in [7, 11) is 3.55. The van der Waals surface area contributed by atoms with E-state index < -0.39 is 6.04 Å². The lowest BCUT2D eigenvalue weighted by atomic mass is 10.1. The number of halogens is 1. The van der Waals surface area contributed by atoms with Crippen LogP contribution >= 0.6 is 0 Å². The van der Waals surface area contributed by atoms with Crippen molar-refractivity contribution in [2.75, 3.05) is 33.7 Å². The monoisotopic (exact) mass is 307 g/mol. The Balaban J connectivity index is 1.94. The Bertz CT molecular complexity index is 548. The largest absolute Gasteiger partial charge is 0.353 e. The van der Waals surface area contributed by atoms with Crippen molar-refractivity contribution in [3.05, 3.63) is 35.6 Å². The van der Waals surface area contributed by atoms with Gasteiger partial charge in [-0.25, -0.2) is 4.39 Å². The van der Waals surface area contributed by atoms with Gasteiger partial charge in [0.2, 0.25) is 11.8 Å². The van der Waals surface area contributed by atoms with Gasteiger partial charge in [-0.2, -0.15) is 0 Å². The molecule has 0 aromatic heterocycles. The average molecular weight is 307 g/mol. The van der Waals surface area contributed by atoms with Gasteiger partial charge in [0.25, 0.3) is 0 Å². The number of nitrogens with one attached hydrogen (secondary N) is 1. The molecule has 0 spiro atoms. The third kappa shape index (κ3) is 4.04. The first-order valence-corrected chi connectivity index (χ1v) is 7.46. The van der Waals surface area contributed by atoms with Crippen molar-refractivity contribution in [1.82, 2.24) is 15.1 Å². The molecule has 1 N–H and O–H groups in total. The Kier molecular flexibility index (Phi) is 5.49. The van der Waals surface area contributed by atoms with E-state index in [4.69, 9.17) is 0 Å². The molecule has 6 heteroatoms. The second-order valence-electron chi connectivity index (χ2n) is 5.70. The molecule has 1 atom stereocenters. The van der Waals surface area contributed by atoms with Crippen LogP contribution < -0.4 is 5.32 Å². The lowest BCUT2D eigenvalue weighted by Crippen LogP contribution is -2.41. The summed E-state index contributed by atoms with van der Waals surface area (Å²) < 4.78 is 13.4. The van der Waals surface area contributed by atoms with Crippen molar-refractivity contribution in [3.8, 4) is 0 Å². The molecular weight excluding hydrogens is 285 g/mol. The molecule has 1 aliphatic heterocycles. The molecule has 22 heavy (non-hydrogen) atoms. The van der Waals surface area contributed by atoms with Crippen molar-refractivity contribution >= 4 is 11.8 Å². The Morgan fingerprint density at radius 1 is 1.45 bits per heavy atom. The van der Waals surface area contributed by atoms with E-state index in [1.165, 1.54) is 12.1 Å². The summed E-state index contributed by atoms with van der Waals surface area (Å²) in [5.74, 6) is -0.411. The van der Waals surface area contributed by atoms with Gasteiger partial charge in [-0.3, -0.25) is 14.5 Å². The number of likely N-dealkylation sites (tertiary alicyclic amines) is 1. The molecule has 1 saturated heterocycles. The fourth-order valence-corrected chi connectivity index (χ4v) is 2.71. The smallest absolute Gasteiger partial charge is 0.242 e. The highest BCUT2D eigenvalue weighted by Crippen LogP contribution is 2.19. The summed E-state index contributed by atoms with van der Waals surface area (Å²) in [6, 6.07) is 5.50. The van der Waals surface area contributed by atoms with Gasteiger partial charge < -0.3 is 10.2 Å². The van der Waals surface area contributed by atoms with Gasteiger partial charge in [0.15, 0.2) is 0 Å². The number of benzene rings is 1. The van der Waals surface area contributed by atoms with E-state index in [1.807, 2.05) is 0 Å². The fraction of sp³-hybridized carbons (Fsp3) is 0.500. The maximum atomic E-state index is 13.4. The number of hydrogen-bond acceptors (Lipinski definition) is 3.